The fourth-order valence-electron chi connectivity index (χ4n) is 0.582. The van der Waals surface area contributed by atoms with Crippen molar-refractivity contribution in [1.29, 1.82) is 5.26 Å². The van der Waals surface area contributed by atoms with Gasteiger partial charge in [-0.2, -0.15) is 5.26 Å². The van der Waals surface area contributed by atoms with E-state index in [4.69, 9.17) is 5.26 Å². The average Bonchev–Trinajstić information content (AvgIpc) is 2.48. The second-order valence-corrected chi connectivity index (χ2v) is 4.25. The smallest absolute Gasteiger partial charge is 0.171 e. The molecular weight excluding hydrogens is 192 g/mol. The Kier molecular flexibility index (Phi) is 3.26. The third kappa shape index (κ3) is 2.32. The monoisotopic (exact) mass is 198 g/mol. The summed E-state index contributed by atoms with van der Waals surface area (Å²) < 4.78 is 0.779. The molecule has 1 aromatic heterocycles. The predicted octanol–water partition coefficient (Wildman–Crippen LogP) is 1.96. The van der Waals surface area contributed by atoms with Gasteiger partial charge < -0.3 is 0 Å². The van der Waals surface area contributed by atoms with Crippen LogP contribution in [0.3, 0.4) is 0 Å². The van der Waals surface area contributed by atoms with Crippen molar-refractivity contribution in [3.63, 3.8) is 0 Å². The first kappa shape index (κ1) is 9.23. The summed E-state index contributed by atoms with van der Waals surface area (Å²) in [5.41, 5.74) is 0. The zero-order chi connectivity index (χ0) is 8.97. The molecule has 0 atom stereocenters. The number of thiazole rings is 1. The van der Waals surface area contributed by atoms with Crippen molar-refractivity contribution in [2.75, 3.05) is 5.75 Å². The van der Waals surface area contributed by atoms with Crippen LogP contribution in [-0.4, -0.2) is 16.5 Å². The third-order valence-corrected chi connectivity index (χ3v) is 3.21. The highest BCUT2D eigenvalue weighted by atomic mass is 32.2. The highest BCUT2D eigenvalue weighted by Gasteiger charge is 2.05. The van der Waals surface area contributed by atoms with Gasteiger partial charge in [0.05, 0.1) is 22.9 Å². The van der Waals surface area contributed by atoms with E-state index in [2.05, 4.69) is 4.98 Å². The van der Waals surface area contributed by atoms with Gasteiger partial charge in [-0.25, -0.2) is 4.98 Å². The molecule has 0 aliphatic rings. The summed E-state index contributed by atoms with van der Waals surface area (Å²) in [6.07, 6.45) is 1.55. The normalized spacial score (nSPS) is 9.33. The van der Waals surface area contributed by atoms with Crippen LogP contribution in [0, 0.1) is 11.3 Å². The maximum atomic E-state index is 10.8. The van der Waals surface area contributed by atoms with E-state index in [1.54, 1.807) is 6.20 Å². The van der Waals surface area contributed by atoms with Gasteiger partial charge in [0.1, 0.15) is 0 Å². The number of Topliss-reactive ketones (excluding diaryl/α,β-unsaturated/α-hetero) is 1. The molecule has 1 heterocycles. The largest absolute Gasteiger partial charge is 0.294 e. The van der Waals surface area contributed by atoms with Crippen LogP contribution in [-0.2, 0) is 0 Å². The first-order chi connectivity index (χ1) is 5.74. The van der Waals surface area contributed by atoms with Crippen molar-refractivity contribution in [2.24, 2.45) is 0 Å². The first-order valence-electron chi connectivity index (χ1n) is 3.20. The molecule has 62 valence electrons. The highest BCUT2D eigenvalue weighted by molar-refractivity contribution is 8.01. The molecule has 1 aromatic rings. The summed E-state index contributed by atoms with van der Waals surface area (Å²) >= 11 is 2.68. The number of carbonyl (C=O) groups excluding carboxylic acids is 1. The fourth-order valence-corrected chi connectivity index (χ4v) is 2.12. The number of rotatable bonds is 3. The molecule has 0 aliphatic heterocycles. The molecule has 0 saturated carbocycles. The molecule has 12 heavy (non-hydrogen) atoms. The van der Waals surface area contributed by atoms with E-state index in [-0.39, 0.29) is 5.78 Å². The van der Waals surface area contributed by atoms with Gasteiger partial charge in [0.2, 0.25) is 0 Å². The zero-order valence-electron chi connectivity index (χ0n) is 6.40. The van der Waals surface area contributed by atoms with Crippen molar-refractivity contribution >= 4 is 28.9 Å². The first-order valence-corrected chi connectivity index (χ1v) is 5.00. The van der Waals surface area contributed by atoms with Crippen LogP contribution in [0.1, 0.15) is 16.6 Å². The SMILES string of the molecule is CC(=O)c1cnc(SCC#N)s1. The van der Waals surface area contributed by atoms with Gasteiger partial charge in [0.25, 0.3) is 0 Å². The number of thioether (sulfide) groups is 1. The van der Waals surface area contributed by atoms with E-state index in [0.29, 0.717) is 10.6 Å². The number of ketones is 1. The Bertz CT molecular complexity index is 326. The summed E-state index contributed by atoms with van der Waals surface area (Å²) in [7, 11) is 0. The molecule has 0 aromatic carbocycles. The summed E-state index contributed by atoms with van der Waals surface area (Å²) in [5, 5.41) is 8.28. The van der Waals surface area contributed by atoms with E-state index < -0.39 is 0 Å². The number of nitriles is 1. The van der Waals surface area contributed by atoms with E-state index in [0.717, 1.165) is 4.34 Å². The predicted molar refractivity (Wildman–Crippen MR) is 48.5 cm³/mol. The number of hydrogen-bond acceptors (Lipinski definition) is 5. The maximum absolute atomic E-state index is 10.8. The van der Waals surface area contributed by atoms with Crippen molar-refractivity contribution in [3.8, 4) is 6.07 Å². The Labute approximate surface area is 78.4 Å². The van der Waals surface area contributed by atoms with Crippen LogP contribution < -0.4 is 0 Å². The lowest BCUT2D eigenvalue weighted by Crippen LogP contribution is -1.83. The summed E-state index contributed by atoms with van der Waals surface area (Å²) in [4.78, 5) is 15.5. The van der Waals surface area contributed by atoms with Crippen LogP contribution in [0.15, 0.2) is 10.5 Å². The summed E-state index contributed by atoms with van der Waals surface area (Å²) in [6.45, 7) is 1.51. The van der Waals surface area contributed by atoms with Crippen LogP contribution in [0.25, 0.3) is 0 Å². The number of nitrogens with zero attached hydrogens (tertiary/aromatic N) is 2. The van der Waals surface area contributed by atoms with E-state index >= 15 is 0 Å². The number of aromatic nitrogens is 1. The van der Waals surface area contributed by atoms with E-state index in [9.17, 15) is 4.79 Å². The quantitative estimate of drug-likeness (QED) is 0.550. The van der Waals surface area contributed by atoms with Gasteiger partial charge in [0.15, 0.2) is 10.1 Å². The Balaban J connectivity index is 2.66. The second-order valence-electron chi connectivity index (χ2n) is 1.99. The van der Waals surface area contributed by atoms with Crippen molar-refractivity contribution in [3.05, 3.63) is 11.1 Å². The van der Waals surface area contributed by atoms with Gasteiger partial charge in [0, 0.05) is 6.92 Å². The van der Waals surface area contributed by atoms with Crippen molar-refractivity contribution < 1.29 is 4.79 Å². The lowest BCUT2D eigenvalue weighted by Gasteiger charge is -1.84. The maximum Gasteiger partial charge on any atom is 0.171 e. The molecule has 1 rings (SSSR count). The molecular formula is C7H6N2OS2. The molecule has 0 aliphatic carbocycles. The van der Waals surface area contributed by atoms with Crippen LogP contribution >= 0.6 is 23.1 Å². The van der Waals surface area contributed by atoms with E-state index in [1.807, 2.05) is 6.07 Å². The standard InChI is InChI=1S/C7H6N2OS2/c1-5(10)6-4-9-7(12-6)11-3-2-8/h4H,3H2,1H3. The Morgan fingerprint density at radius 3 is 3.17 bits per heavy atom. The lowest BCUT2D eigenvalue weighted by atomic mass is 10.4. The lowest BCUT2D eigenvalue weighted by molar-refractivity contribution is 0.102. The number of hydrogen-bond donors (Lipinski definition) is 0. The van der Waals surface area contributed by atoms with Crippen LogP contribution in [0.5, 0.6) is 0 Å². The van der Waals surface area contributed by atoms with Gasteiger partial charge in [-0.1, -0.05) is 11.8 Å². The molecule has 0 radical (unpaired) electrons. The molecule has 0 unspecified atom stereocenters. The molecule has 3 nitrogen and oxygen atoms in total. The summed E-state index contributed by atoms with van der Waals surface area (Å²) in [6, 6.07) is 2.00. The van der Waals surface area contributed by atoms with E-state index in [1.165, 1.54) is 30.0 Å². The molecule has 0 bridgehead atoms. The van der Waals surface area contributed by atoms with Crippen LogP contribution in [0.4, 0.5) is 0 Å². The summed E-state index contributed by atoms with van der Waals surface area (Å²) in [5.74, 6) is 0.404. The molecule has 0 N–H and O–H groups in total. The Morgan fingerprint density at radius 1 is 1.92 bits per heavy atom. The third-order valence-electron chi connectivity index (χ3n) is 1.09. The number of carbonyl (C=O) groups is 1. The van der Waals surface area contributed by atoms with Crippen molar-refractivity contribution in [2.45, 2.75) is 11.3 Å². The minimum absolute atomic E-state index is 0.0244. The molecule has 5 heteroatoms. The second kappa shape index (κ2) is 4.24. The van der Waals surface area contributed by atoms with Gasteiger partial charge in [-0.05, 0) is 0 Å². The molecule has 0 saturated heterocycles. The van der Waals surface area contributed by atoms with Crippen molar-refractivity contribution in [1.82, 2.24) is 4.98 Å². The minimum Gasteiger partial charge on any atom is -0.294 e. The fraction of sp³-hybridized carbons (Fsp3) is 0.286. The van der Waals surface area contributed by atoms with Gasteiger partial charge in [-0.3, -0.25) is 4.79 Å². The van der Waals surface area contributed by atoms with Gasteiger partial charge >= 0.3 is 0 Å². The highest BCUT2D eigenvalue weighted by Crippen LogP contribution is 2.23. The zero-order valence-corrected chi connectivity index (χ0v) is 8.04. The van der Waals surface area contributed by atoms with Gasteiger partial charge in [-0.15, -0.1) is 11.3 Å². The van der Waals surface area contributed by atoms with Crippen LogP contribution in [0.2, 0.25) is 0 Å². The molecule has 0 spiro atoms. The molecule has 0 fully saturated rings. The minimum atomic E-state index is 0.0244. The topological polar surface area (TPSA) is 53.8 Å². The average molecular weight is 198 g/mol. The Morgan fingerprint density at radius 2 is 2.67 bits per heavy atom. The molecule has 0 amide bonds. The Hall–Kier alpha value is -0.860.